The normalized spacial score (nSPS) is 12.0. The first-order valence-corrected chi connectivity index (χ1v) is 14.1. The van der Waals surface area contributed by atoms with Gasteiger partial charge in [-0.05, 0) is 80.6 Å². The summed E-state index contributed by atoms with van der Waals surface area (Å²) in [6.45, 7) is 10.7. The predicted octanol–water partition coefficient (Wildman–Crippen LogP) is 6.21. The van der Waals surface area contributed by atoms with Crippen molar-refractivity contribution in [2.75, 3.05) is 13.1 Å². The van der Waals surface area contributed by atoms with E-state index in [1.165, 1.54) is 6.07 Å². The zero-order valence-corrected chi connectivity index (χ0v) is 24.5. The van der Waals surface area contributed by atoms with Crippen molar-refractivity contribution >= 4 is 5.91 Å². The van der Waals surface area contributed by atoms with Crippen LogP contribution in [0, 0.1) is 32.5 Å². The lowest BCUT2D eigenvalue weighted by molar-refractivity contribution is 0.0602. The number of nitrogens with zero attached hydrogens (tertiary/aromatic N) is 3. The number of aryl methyl sites for hydroxylation is 3. The fourth-order valence-electron chi connectivity index (χ4n) is 5.25. The van der Waals surface area contributed by atoms with Gasteiger partial charge in [-0.25, -0.2) is 9.37 Å². The molecule has 1 amide bonds. The van der Waals surface area contributed by atoms with E-state index in [1.54, 1.807) is 30.5 Å². The molecule has 1 atom stereocenters. The van der Waals surface area contributed by atoms with E-state index in [-0.39, 0.29) is 29.7 Å². The zero-order valence-electron chi connectivity index (χ0n) is 24.5. The molecule has 0 spiro atoms. The molecule has 0 saturated heterocycles. The van der Waals surface area contributed by atoms with Crippen LogP contribution in [0.4, 0.5) is 4.39 Å². The average molecular weight is 555 g/mol. The fourth-order valence-corrected chi connectivity index (χ4v) is 5.25. The molecule has 0 fully saturated rings. The van der Waals surface area contributed by atoms with Gasteiger partial charge in [0.2, 0.25) is 0 Å². The molecule has 3 aromatic carbocycles. The summed E-state index contributed by atoms with van der Waals surface area (Å²) in [5.41, 5.74) is 10.3. The Balaban J connectivity index is 1.95. The Kier molecular flexibility index (Phi) is 9.50. The standard InChI is InChI=1S/C34H39FN4O2/c1-22(2)31(38(19-9-18-36)33(40)27-14-12-23(3)13-15-27)32-37-25(5)30(28-16-17-29(35)24(4)20-28)34(41)39(32)21-26-10-7-6-8-11-26/h6-8,10-17,20,22,31H,9,18-19,21,36H2,1-5H3. The molecule has 7 heteroatoms. The summed E-state index contributed by atoms with van der Waals surface area (Å²) in [4.78, 5) is 35.2. The molecule has 214 valence electrons. The van der Waals surface area contributed by atoms with Gasteiger partial charge in [0, 0.05) is 12.1 Å². The molecule has 6 nitrogen and oxygen atoms in total. The number of aromatic nitrogens is 2. The van der Waals surface area contributed by atoms with Crippen LogP contribution >= 0.6 is 0 Å². The van der Waals surface area contributed by atoms with Crippen molar-refractivity contribution in [3.8, 4) is 11.1 Å². The van der Waals surface area contributed by atoms with Gasteiger partial charge < -0.3 is 10.6 Å². The van der Waals surface area contributed by atoms with E-state index < -0.39 is 6.04 Å². The number of rotatable bonds is 10. The van der Waals surface area contributed by atoms with Gasteiger partial charge in [0.1, 0.15) is 11.6 Å². The lowest BCUT2D eigenvalue weighted by Crippen LogP contribution is -2.42. The van der Waals surface area contributed by atoms with Crippen LogP contribution in [0.25, 0.3) is 11.1 Å². The van der Waals surface area contributed by atoms with Gasteiger partial charge in [-0.3, -0.25) is 14.2 Å². The number of hydrogen-bond acceptors (Lipinski definition) is 4. The molecule has 0 saturated carbocycles. The summed E-state index contributed by atoms with van der Waals surface area (Å²) < 4.78 is 15.8. The highest BCUT2D eigenvalue weighted by Gasteiger charge is 2.33. The van der Waals surface area contributed by atoms with Crippen molar-refractivity contribution in [3.05, 3.63) is 123 Å². The van der Waals surface area contributed by atoms with Gasteiger partial charge in [-0.1, -0.05) is 67.9 Å². The Labute approximate surface area is 241 Å². The molecule has 4 rings (SSSR count). The van der Waals surface area contributed by atoms with Crippen LogP contribution in [-0.2, 0) is 6.54 Å². The molecule has 2 N–H and O–H groups in total. The van der Waals surface area contributed by atoms with Gasteiger partial charge >= 0.3 is 0 Å². The van der Waals surface area contributed by atoms with Gasteiger partial charge in [0.05, 0.1) is 23.8 Å². The van der Waals surface area contributed by atoms with Gasteiger partial charge in [0.25, 0.3) is 11.5 Å². The van der Waals surface area contributed by atoms with Crippen LogP contribution in [-0.4, -0.2) is 33.4 Å². The molecular weight excluding hydrogens is 515 g/mol. The SMILES string of the molecule is Cc1ccc(C(=O)N(CCCN)C(c2nc(C)c(-c3ccc(F)c(C)c3)c(=O)n2Cc2ccccc2)C(C)C)cc1. The first kappa shape index (κ1) is 29.9. The second kappa shape index (κ2) is 13.0. The molecular formula is C34H39FN4O2. The summed E-state index contributed by atoms with van der Waals surface area (Å²) in [7, 11) is 0. The number of halogens is 1. The van der Waals surface area contributed by atoms with Crippen molar-refractivity contribution in [1.82, 2.24) is 14.5 Å². The maximum Gasteiger partial charge on any atom is 0.262 e. The maximum atomic E-state index is 14.4. The highest BCUT2D eigenvalue weighted by Crippen LogP contribution is 2.31. The van der Waals surface area contributed by atoms with E-state index in [4.69, 9.17) is 10.7 Å². The first-order valence-electron chi connectivity index (χ1n) is 14.1. The predicted molar refractivity (Wildman–Crippen MR) is 162 cm³/mol. The second-order valence-corrected chi connectivity index (χ2v) is 11.0. The van der Waals surface area contributed by atoms with E-state index in [9.17, 15) is 14.0 Å². The summed E-state index contributed by atoms with van der Waals surface area (Å²) >= 11 is 0. The minimum absolute atomic E-state index is 0.0607. The van der Waals surface area contributed by atoms with Crippen LogP contribution in [0.5, 0.6) is 0 Å². The van der Waals surface area contributed by atoms with E-state index >= 15 is 0 Å². The Morgan fingerprint density at radius 2 is 1.68 bits per heavy atom. The van der Waals surface area contributed by atoms with Gasteiger partial charge in [-0.2, -0.15) is 0 Å². The van der Waals surface area contributed by atoms with Crippen LogP contribution < -0.4 is 11.3 Å². The molecule has 0 aliphatic carbocycles. The van der Waals surface area contributed by atoms with E-state index in [0.717, 1.165) is 11.1 Å². The Hall–Kier alpha value is -4.10. The Morgan fingerprint density at radius 3 is 2.29 bits per heavy atom. The largest absolute Gasteiger partial charge is 0.330 e. The number of hydrogen-bond donors (Lipinski definition) is 1. The van der Waals surface area contributed by atoms with Crippen LogP contribution in [0.3, 0.4) is 0 Å². The molecule has 1 heterocycles. The highest BCUT2D eigenvalue weighted by atomic mass is 19.1. The first-order chi connectivity index (χ1) is 19.6. The number of carbonyl (C=O) groups excluding carboxylic acids is 1. The van der Waals surface area contributed by atoms with Crippen molar-refractivity contribution < 1.29 is 9.18 Å². The molecule has 0 radical (unpaired) electrons. The third-order valence-electron chi connectivity index (χ3n) is 7.40. The van der Waals surface area contributed by atoms with Gasteiger partial charge in [-0.15, -0.1) is 0 Å². The quantitative estimate of drug-likeness (QED) is 0.253. The maximum absolute atomic E-state index is 14.4. The molecule has 1 unspecified atom stereocenters. The van der Waals surface area contributed by atoms with Crippen LogP contribution in [0.15, 0.2) is 77.6 Å². The van der Waals surface area contributed by atoms with Crippen molar-refractivity contribution in [1.29, 1.82) is 0 Å². The minimum Gasteiger partial charge on any atom is -0.330 e. The van der Waals surface area contributed by atoms with E-state index in [0.29, 0.717) is 53.3 Å². The number of nitrogens with two attached hydrogens (primary N) is 1. The smallest absolute Gasteiger partial charge is 0.262 e. The van der Waals surface area contributed by atoms with E-state index in [1.807, 2.05) is 80.3 Å². The lowest BCUT2D eigenvalue weighted by Gasteiger charge is -2.36. The molecule has 0 aliphatic heterocycles. The third-order valence-corrected chi connectivity index (χ3v) is 7.40. The zero-order chi connectivity index (χ0) is 29.7. The molecule has 41 heavy (non-hydrogen) atoms. The van der Waals surface area contributed by atoms with E-state index in [2.05, 4.69) is 0 Å². The molecule has 0 aliphatic rings. The Bertz CT molecular complexity index is 1560. The van der Waals surface area contributed by atoms with Crippen LogP contribution in [0.1, 0.15) is 64.9 Å². The average Bonchev–Trinajstić information content (AvgIpc) is 2.95. The molecule has 0 bridgehead atoms. The topological polar surface area (TPSA) is 81.2 Å². The lowest BCUT2D eigenvalue weighted by atomic mass is 9.97. The molecule has 4 aromatic rings. The highest BCUT2D eigenvalue weighted by molar-refractivity contribution is 5.94. The second-order valence-electron chi connectivity index (χ2n) is 11.0. The van der Waals surface area contributed by atoms with Crippen LogP contribution in [0.2, 0.25) is 0 Å². The summed E-state index contributed by atoms with van der Waals surface area (Å²) in [6, 6.07) is 21.4. The monoisotopic (exact) mass is 554 g/mol. The molecule has 1 aromatic heterocycles. The minimum atomic E-state index is -0.491. The summed E-state index contributed by atoms with van der Waals surface area (Å²) in [5, 5.41) is 0. The number of benzene rings is 3. The Morgan fingerprint density at radius 1 is 1.00 bits per heavy atom. The summed E-state index contributed by atoms with van der Waals surface area (Å²) in [6.07, 6.45) is 0.607. The number of carbonyl (C=O) groups is 1. The van der Waals surface area contributed by atoms with Crippen molar-refractivity contribution in [2.45, 2.75) is 53.6 Å². The third kappa shape index (κ3) is 6.63. The van der Waals surface area contributed by atoms with Crippen molar-refractivity contribution in [2.24, 2.45) is 11.7 Å². The fraction of sp³-hybridized carbons (Fsp3) is 0.324. The van der Waals surface area contributed by atoms with Crippen molar-refractivity contribution in [3.63, 3.8) is 0 Å². The van der Waals surface area contributed by atoms with Gasteiger partial charge in [0.15, 0.2) is 0 Å². The summed E-state index contributed by atoms with van der Waals surface area (Å²) in [5.74, 6) is 0.00000887. The number of amides is 1.